The lowest BCUT2D eigenvalue weighted by Crippen LogP contribution is -2.06. The Kier molecular flexibility index (Phi) is 4.81. The molecule has 0 fully saturated rings. The van der Waals surface area contributed by atoms with Crippen LogP contribution >= 0.6 is 11.6 Å². The van der Waals surface area contributed by atoms with Crippen molar-refractivity contribution in [2.75, 3.05) is 0 Å². The lowest BCUT2D eigenvalue weighted by molar-refractivity contribution is -0.137. The summed E-state index contributed by atoms with van der Waals surface area (Å²) in [5.74, 6) is 0.159. The number of hydrogen-bond donors (Lipinski definition) is 1. The van der Waals surface area contributed by atoms with Gasteiger partial charge in [-0.3, -0.25) is 0 Å². The summed E-state index contributed by atoms with van der Waals surface area (Å²) in [4.78, 5) is 3.62. The van der Waals surface area contributed by atoms with Gasteiger partial charge in [0.15, 0.2) is 0 Å². The Morgan fingerprint density at radius 1 is 1.27 bits per heavy atom. The summed E-state index contributed by atoms with van der Waals surface area (Å²) >= 11 is 5.80. The molecule has 1 heterocycles. The van der Waals surface area contributed by atoms with Gasteiger partial charge < -0.3 is 9.84 Å². The largest absolute Gasteiger partial charge is 0.508 e. The molecule has 2 rings (SSSR count). The molecule has 118 valence electrons. The van der Waals surface area contributed by atoms with Crippen LogP contribution in [-0.2, 0) is 12.6 Å². The second kappa shape index (κ2) is 6.44. The van der Waals surface area contributed by atoms with Crippen molar-refractivity contribution in [3.8, 4) is 17.4 Å². The average molecular weight is 332 g/mol. The zero-order valence-electron chi connectivity index (χ0n) is 11.6. The van der Waals surface area contributed by atoms with E-state index in [1.165, 1.54) is 12.1 Å². The molecule has 0 aliphatic rings. The summed E-state index contributed by atoms with van der Waals surface area (Å²) in [6.45, 7) is 1.97. The van der Waals surface area contributed by atoms with E-state index in [9.17, 15) is 18.3 Å². The summed E-state index contributed by atoms with van der Waals surface area (Å²) in [5.41, 5.74) is -0.146. The van der Waals surface area contributed by atoms with Crippen molar-refractivity contribution in [2.45, 2.75) is 25.9 Å². The van der Waals surface area contributed by atoms with Crippen molar-refractivity contribution in [3.63, 3.8) is 0 Å². The van der Waals surface area contributed by atoms with Gasteiger partial charge in [0.05, 0.1) is 5.56 Å². The Morgan fingerprint density at radius 3 is 2.59 bits per heavy atom. The smallest absolute Gasteiger partial charge is 0.417 e. The Bertz CT molecular complexity index is 674. The number of ether oxygens (including phenoxy) is 1. The molecule has 1 N–H and O–H groups in total. The van der Waals surface area contributed by atoms with E-state index in [-0.39, 0.29) is 16.7 Å². The second-order valence-corrected chi connectivity index (χ2v) is 5.06. The van der Waals surface area contributed by atoms with Gasteiger partial charge in [-0.1, -0.05) is 31.0 Å². The number of nitrogens with zero attached hydrogens (tertiary/aromatic N) is 1. The SMILES string of the molecule is CCCc1ccc(O)cc1Oc1ncc(C(F)(F)F)cc1Cl. The third-order valence-electron chi connectivity index (χ3n) is 2.91. The number of hydrogen-bond acceptors (Lipinski definition) is 3. The van der Waals surface area contributed by atoms with Gasteiger partial charge in [-0.2, -0.15) is 13.2 Å². The fraction of sp³-hybridized carbons (Fsp3) is 0.267. The van der Waals surface area contributed by atoms with Gasteiger partial charge in [-0.15, -0.1) is 0 Å². The van der Waals surface area contributed by atoms with Gasteiger partial charge >= 0.3 is 6.18 Å². The van der Waals surface area contributed by atoms with Crippen LogP contribution in [-0.4, -0.2) is 10.1 Å². The molecule has 0 spiro atoms. The van der Waals surface area contributed by atoms with E-state index in [0.29, 0.717) is 18.4 Å². The van der Waals surface area contributed by atoms with Crippen LogP contribution < -0.4 is 4.74 Å². The second-order valence-electron chi connectivity index (χ2n) is 4.65. The molecule has 3 nitrogen and oxygen atoms in total. The Hall–Kier alpha value is -1.95. The summed E-state index contributed by atoms with van der Waals surface area (Å²) in [5, 5.41) is 9.27. The van der Waals surface area contributed by atoms with Crippen LogP contribution in [0.15, 0.2) is 30.5 Å². The predicted molar refractivity (Wildman–Crippen MR) is 76.4 cm³/mol. The lowest BCUT2D eigenvalue weighted by atomic mass is 10.1. The number of phenols is 1. The molecular formula is C15H13ClF3NO2. The molecule has 0 amide bonds. The molecule has 0 unspecified atom stereocenters. The number of aromatic hydroxyl groups is 1. The summed E-state index contributed by atoms with van der Waals surface area (Å²) in [6, 6.07) is 5.33. The zero-order chi connectivity index (χ0) is 16.3. The number of aromatic nitrogens is 1. The monoisotopic (exact) mass is 331 g/mol. The van der Waals surface area contributed by atoms with Crippen molar-refractivity contribution in [3.05, 3.63) is 46.6 Å². The van der Waals surface area contributed by atoms with E-state index in [1.807, 2.05) is 6.92 Å². The highest BCUT2D eigenvalue weighted by Gasteiger charge is 2.31. The van der Waals surface area contributed by atoms with Crippen LogP contribution in [0.25, 0.3) is 0 Å². The van der Waals surface area contributed by atoms with Crippen LogP contribution in [0.1, 0.15) is 24.5 Å². The zero-order valence-corrected chi connectivity index (χ0v) is 12.4. The maximum atomic E-state index is 12.6. The highest BCUT2D eigenvalue weighted by atomic mass is 35.5. The van der Waals surface area contributed by atoms with Crippen LogP contribution in [0, 0.1) is 0 Å². The summed E-state index contributed by atoms with van der Waals surface area (Å²) < 4.78 is 43.2. The quantitative estimate of drug-likeness (QED) is 0.836. The van der Waals surface area contributed by atoms with Crippen molar-refractivity contribution >= 4 is 11.6 Å². The van der Waals surface area contributed by atoms with E-state index in [4.69, 9.17) is 16.3 Å². The molecule has 0 saturated carbocycles. The van der Waals surface area contributed by atoms with Crippen molar-refractivity contribution in [2.24, 2.45) is 0 Å². The number of aryl methyl sites for hydroxylation is 1. The number of alkyl halides is 3. The minimum absolute atomic E-state index is 0.0158. The Balaban J connectivity index is 2.33. The first-order valence-electron chi connectivity index (χ1n) is 6.53. The third kappa shape index (κ3) is 3.82. The van der Waals surface area contributed by atoms with E-state index >= 15 is 0 Å². The van der Waals surface area contributed by atoms with E-state index in [1.54, 1.807) is 6.07 Å². The lowest BCUT2D eigenvalue weighted by Gasteiger charge is -2.13. The average Bonchev–Trinajstić information content (AvgIpc) is 2.43. The highest BCUT2D eigenvalue weighted by Crippen LogP contribution is 2.36. The van der Waals surface area contributed by atoms with Crippen molar-refractivity contribution in [1.29, 1.82) is 0 Å². The van der Waals surface area contributed by atoms with Crippen LogP contribution in [0.3, 0.4) is 0 Å². The van der Waals surface area contributed by atoms with Gasteiger partial charge in [-0.25, -0.2) is 4.98 Å². The number of rotatable bonds is 4. The molecule has 1 aromatic heterocycles. The third-order valence-corrected chi connectivity index (χ3v) is 3.18. The van der Waals surface area contributed by atoms with Crippen LogP contribution in [0.4, 0.5) is 13.2 Å². The molecule has 0 aliphatic carbocycles. The number of phenolic OH excluding ortho intramolecular Hbond substituents is 1. The number of benzene rings is 1. The minimum atomic E-state index is -4.52. The molecule has 0 bridgehead atoms. The Morgan fingerprint density at radius 2 is 2.00 bits per heavy atom. The van der Waals surface area contributed by atoms with Gasteiger partial charge in [0.2, 0.25) is 5.88 Å². The molecule has 2 aromatic rings. The molecule has 0 aliphatic heterocycles. The minimum Gasteiger partial charge on any atom is -0.508 e. The number of halogens is 4. The molecular weight excluding hydrogens is 319 g/mol. The van der Waals surface area contributed by atoms with Crippen LogP contribution in [0.2, 0.25) is 5.02 Å². The molecule has 0 radical (unpaired) electrons. The topological polar surface area (TPSA) is 42.4 Å². The molecule has 22 heavy (non-hydrogen) atoms. The van der Waals surface area contributed by atoms with E-state index in [0.717, 1.165) is 18.1 Å². The molecule has 0 atom stereocenters. The van der Waals surface area contributed by atoms with Gasteiger partial charge in [-0.05, 0) is 24.1 Å². The molecule has 1 aromatic carbocycles. The fourth-order valence-electron chi connectivity index (χ4n) is 1.87. The molecule has 0 saturated heterocycles. The first kappa shape index (κ1) is 16.4. The summed E-state index contributed by atoms with van der Waals surface area (Å²) in [7, 11) is 0. The van der Waals surface area contributed by atoms with E-state index < -0.39 is 11.7 Å². The number of pyridine rings is 1. The van der Waals surface area contributed by atoms with Crippen molar-refractivity contribution in [1.82, 2.24) is 4.98 Å². The first-order chi connectivity index (χ1) is 10.3. The maximum absolute atomic E-state index is 12.6. The molecule has 7 heteroatoms. The van der Waals surface area contributed by atoms with Gasteiger partial charge in [0.25, 0.3) is 0 Å². The van der Waals surface area contributed by atoms with Gasteiger partial charge in [0.1, 0.15) is 16.5 Å². The standard InChI is InChI=1S/C15H13ClF3NO2/c1-2-3-9-4-5-11(21)7-13(9)22-14-12(16)6-10(8-20-14)15(17,18)19/h4-8,21H,2-3H2,1H3. The first-order valence-corrected chi connectivity index (χ1v) is 6.91. The summed E-state index contributed by atoms with van der Waals surface area (Å²) in [6.07, 6.45) is -2.33. The van der Waals surface area contributed by atoms with Gasteiger partial charge in [0, 0.05) is 12.3 Å². The predicted octanol–water partition coefficient (Wildman–Crippen LogP) is 5.20. The Labute approximate surface area is 130 Å². The normalized spacial score (nSPS) is 11.5. The van der Waals surface area contributed by atoms with Crippen LogP contribution in [0.5, 0.6) is 17.4 Å². The van der Waals surface area contributed by atoms with E-state index in [2.05, 4.69) is 4.98 Å². The van der Waals surface area contributed by atoms with Crippen molar-refractivity contribution < 1.29 is 23.0 Å². The highest BCUT2D eigenvalue weighted by molar-refractivity contribution is 6.31. The fourth-order valence-corrected chi connectivity index (χ4v) is 2.08. The maximum Gasteiger partial charge on any atom is 0.417 e.